The van der Waals surface area contributed by atoms with Crippen molar-refractivity contribution >= 4 is 23.6 Å². The summed E-state index contributed by atoms with van der Waals surface area (Å²) in [5.74, 6) is -1.40. The highest BCUT2D eigenvalue weighted by Gasteiger charge is 2.18. The highest BCUT2D eigenvalue weighted by atomic mass is 16.6. The molecule has 0 radical (unpaired) electrons. The minimum Gasteiger partial charge on any atom is -0.458 e. The molecule has 3 rings (SSSR count). The Hall–Kier alpha value is -3.65. The maximum Gasteiger partial charge on any atom is 0.424 e. The second-order valence-corrected chi connectivity index (χ2v) is 3.42. The predicted molar refractivity (Wildman–Crippen MR) is 59.5 cm³/mol. The third-order valence-electron chi connectivity index (χ3n) is 1.91. The Labute approximate surface area is 113 Å². The van der Waals surface area contributed by atoms with Crippen molar-refractivity contribution in [1.82, 2.24) is 30.1 Å². The number of aryl methyl sites for hydroxylation is 1. The van der Waals surface area contributed by atoms with Crippen molar-refractivity contribution < 1.29 is 19.1 Å². The SMILES string of the molecule is C[n+]1cc(N)on1.O=[N+]([O-])c1nn2c([N+](=O)[O-])nnc2[n-]1. The van der Waals surface area contributed by atoms with Crippen LogP contribution in [0.25, 0.3) is 5.78 Å². The van der Waals surface area contributed by atoms with Crippen molar-refractivity contribution in [3.05, 3.63) is 26.4 Å². The molecular formula is C6H6N10O5. The van der Waals surface area contributed by atoms with Gasteiger partial charge in [0.1, 0.15) is 0 Å². The number of nitrogens with two attached hydrogens (primary N) is 1. The van der Waals surface area contributed by atoms with Gasteiger partial charge >= 0.3 is 5.95 Å². The monoisotopic (exact) mass is 298 g/mol. The van der Waals surface area contributed by atoms with Gasteiger partial charge in [0.05, 0.1) is 0 Å². The molecule has 0 unspecified atom stereocenters. The van der Waals surface area contributed by atoms with E-state index < -0.39 is 21.7 Å². The fourth-order valence-electron chi connectivity index (χ4n) is 1.16. The minimum atomic E-state index is -0.877. The van der Waals surface area contributed by atoms with E-state index in [9.17, 15) is 20.2 Å². The van der Waals surface area contributed by atoms with Gasteiger partial charge in [-0.15, -0.1) is 9.61 Å². The number of rotatable bonds is 2. The van der Waals surface area contributed by atoms with Gasteiger partial charge in [0.2, 0.25) is 0 Å². The maximum absolute atomic E-state index is 10.3. The predicted octanol–water partition coefficient (Wildman–Crippen LogP) is -2.02. The molecule has 0 spiro atoms. The first kappa shape index (κ1) is 13.8. The van der Waals surface area contributed by atoms with Gasteiger partial charge in [0.15, 0.2) is 12.3 Å². The van der Waals surface area contributed by atoms with E-state index in [1.807, 2.05) is 0 Å². The quantitative estimate of drug-likeness (QED) is 0.311. The van der Waals surface area contributed by atoms with Gasteiger partial charge in [-0.3, -0.25) is 4.52 Å². The van der Waals surface area contributed by atoms with Gasteiger partial charge in [-0.25, -0.2) is 0 Å². The molecule has 0 saturated carbocycles. The molecule has 21 heavy (non-hydrogen) atoms. The number of nitrogen functional groups attached to an aromatic ring is 1. The largest absolute Gasteiger partial charge is 0.458 e. The zero-order valence-electron chi connectivity index (χ0n) is 10.2. The molecule has 0 aliphatic heterocycles. The highest BCUT2D eigenvalue weighted by Crippen LogP contribution is 2.10. The van der Waals surface area contributed by atoms with E-state index in [0.717, 1.165) is 0 Å². The molecule has 0 saturated heterocycles. The summed E-state index contributed by atoms with van der Waals surface area (Å²) in [6.45, 7) is 0. The zero-order valence-corrected chi connectivity index (χ0v) is 10.2. The standard InChI is InChI=1S/C3N7O4.C3H6N3O/c11-9(12)2-4-1-5-6-3(10(13)14)8(1)7-2;1-6-2-3(4)7-5-6/h;2H,4H2,1H3/q-1;+1. The van der Waals surface area contributed by atoms with Gasteiger partial charge < -0.3 is 26.0 Å². The van der Waals surface area contributed by atoms with Crippen LogP contribution in [0.1, 0.15) is 0 Å². The molecular weight excluding hydrogens is 292 g/mol. The van der Waals surface area contributed by atoms with Crippen LogP contribution in [0.4, 0.5) is 17.8 Å². The van der Waals surface area contributed by atoms with Crippen LogP contribution in [0, 0.1) is 20.2 Å². The summed E-state index contributed by atoms with van der Waals surface area (Å²) in [6, 6.07) is 0. The van der Waals surface area contributed by atoms with Gasteiger partial charge in [0.25, 0.3) is 23.8 Å². The van der Waals surface area contributed by atoms with E-state index in [1.165, 1.54) is 4.68 Å². The second kappa shape index (κ2) is 5.15. The first-order chi connectivity index (χ1) is 9.88. The lowest BCUT2D eigenvalue weighted by molar-refractivity contribution is -0.739. The van der Waals surface area contributed by atoms with Crippen LogP contribution in [-0.2, 0) is 7.05 Å². The summed E-state index contributed by atoms with van der Waals surface area (Å²) in [6.07, 6.45) is 1.58. The van der Waals surface area contributed by atoms with Gasteiger partial charge in [-0.05, 0) is 5.10 Å². The molecule has 0 amide bonds. The summed E-state index contributed by atoms with van der Waals surface area (Å²) >= 11 is 0. The van der Waals surface area contributed by atoms with Crippen molar-refractivity contribution in [2.75, 3.05) is 5.73 Å². The molecule has 3 aromatic heterocycles. The van der Waals surface area contributed by atoms with E-state index >= 15 is 0 Å². The second-order valence-electron chi connectivity index (χ2n) is 3.42. The molecule has 0 bridgehead atoms. The van der Waals surface area contributed by atoms with Crippen LogP contribution in [0.2, 0.25) is 0 Å². The number of nitro groups is 2. The van der Waals surface area contributed by atoms with Crippen molar-refractivity contribution in [2.45, 2.75) is 0 Å². The number of aromatic nitrogens is 7. The first-order valence-corrected chi connectivity index (χ1v) is 5.01. The fraction of sp³-hybridized carbons (Fsp3) is 0.167. The topological polar surface area (TPSA) is 199 Å². The van der Waals surface area contributed by atoms with Crippen molar-refractivity contribution in [3.63, 3.8) is 0 Å². The molecule has 0 fully saturated rings. The maximum atomic E-state index is 10.3. The summed E-state index contributed by atoms with van der Waals surface area (Å²) < 4.78 is 6.55. The lowest BCUT2D eigenvalue weighted by Gasteiger charge is -1.95. The van der Waals surface area contributed by atoms with E-state index in [1.54, 1.807) is 13.2 Å². The molecule has 0 aliphatic rings. The number of hydrogen-bond acceptors (Lipinski definition) is 10. The van der Waals surface area contributed by atoms with E-state index in [0.29, 0.717) is 10.4 Å². The molecule has 0 atom stereocenters. The molecule has 0 aromatic carbocycles. The zero-order chi connectivity index (χ0) is 15.6. The smallest absolute Gasteiger partial charge is 0.424 e. The van der Waals surface area contributed by atoms with E-state index in [2.05, 4.69) is 30.1 Å². The van der Waals surface area contributed by atoms with Crippen LogP contribution in [0.3, 0.4) is 0 Å². The highest BCUT2D eigenvalue weighted by molar-refractivity contribution is 5.33. The van der Waals surface area contributed by atoms with Crippen LogP contribution in [0.5, 0.6) is 0 Å². The third-order valence-corrected chi connectivity index (χ3v) is 1.91. The van der Waals surface area contributed by atoms with Crippen LogP contribution >= 0.6 is 0 Å². The molecule has 2 N–H and O–H groups in total. The summed E-state index contributed by atoms with van der Waals surface area (Å²) in [7, 11) is 1.74. The lowest BCUT2D eigenvalue weighted by Crippen LogP contribution is -2.27. The normalized spacial score (nSPS) is 10.1. The Kier molecular flexibility index (Phi) is 3.38. The minimum absolute atomic E-state index is 0.275. The number of fused-ring (bicyclic) bond motifs is 1. The summed E-state index contributed by atoms with van der Waals surface area (Å²) in [4.78, 5) is 22.0. The van der Waals surface area contributed by atoms with Crippen LogP contribution in [-0.4, -0.2) is 34.9 Å². The van der Waals surface area contributed by atoms with Crippen molar-refractivity contribution in [1.29, 1.82) is 0 Å². The number of anilines is 1. The van der Waals surface area contributed by atoms with E-state index in [-0.39, 0.29) is 5.78 Å². The lowest BCUT2D eigenvalue weighted by atomic mass is 10.8. The van der Waals surface area contributed by atoms with Crippen LogP contribution in [0.15, 0.2) is 10.7 Å². The molecule has 15 nitrogen and oxygen atoms in total. The molecule has 110 valence electrons. The summed E-state index contributed by atoms with van der Waals surface area (Å²) in [5.41, 5.74) is 5.13. The van der Waals surface area contributed by atoms with Crippen LogP contribution < -0.4 is 15.4 Å². The van der Waals surface area contributed by atoms with Gasteiger partial charge in [-0.2, -0.15) is 9.91 Å². The van der Waals surface area contributed by atoms with Crippen molar-refractivity contribution in [2.24, 2.45) is 7.05 Å². The number of nitrogens with zero attached hydrogens (tertiary/aromatic N) is 9. The van der Waals surface area contributed by atoms with Gasteiger partial charge in [-0.1, -0.05) is 9.61 Å². The summed E-state index contributed by atoms with van der Waals surface area (Å²) in [5, 5.41) is 33.5. The average molecular weight is 298 g/mol. The average Bonchev–Trinajstić information content (AvgIpc) is 3.04. The molecule has 3 aromatic rings. The Morgan fingerprint density at radius 3 is 2.52 bits per heavy atom. The fourth-order valence-corrected chi connectivity index (χ4v) is 1.16. The molecule has 3 heterocycles. The van der Waals surface area contributed by atoms with Gasteiger partial charge in [0, 0.05) is 5.10 Å². The molecule has 0 aliphatic carbocycles. The number of hydrogen-bond donors (Lipinski definition) is 1. The first-order valence-electron chi connectivity index (χ1n) is 5.01. The Morgan fingerprint density at radius 2 is 2.10 bits per heavy atom. The third kappa shape index (κ3) is 2.85. The Bertz CT molecular complexity index is 783. The Morgan fingerprint density at radius 1 is 1.38 bits per heavy atom. The van der Waals surface area contributed by atoms with Crippen molar-refractivity contribution in [3.8, 4) is 0 Å². The van der Waals surface area contributed by atoms with E-state index in [4.69, 9.17) is 5.73 Å². The Balaban J connectivity index is 0.000000194. The molecule has 15 heteroatoms.